The number of piperazine rings is 1. The number of carbonyl (C=O) groups is 1. The van der Waals surface area contributed by atoms with Gasteiger partial charge in [0, 0.05) is 26.2 Å². The number of amides is 1. The van der Waals surface area contributed by atoms with Gasteiger partial charge < -0.3 is 4.90 Å². The highest BCUT2D eigenvalue weighted by molar-refractivity contribution is 7.13. The molecule has 0 aromatic carbocycles. The third-order valence-corrected chi connectivity index (χ3v) is 3.18. The number of nitrogens with zero attached hydrogens (tertiary/aromatic N) is 4. The molecule has 6 nitrogen and oxygen atoms in total. The molecule has 1 aliphatic rings. The van der Waals surface area contributed by atoms with E-state index < -0.39 is 0 Å². The Labute approximate surface area is 98.3 Å². The van der Waals surface area contributed by atoms with Crippen LogP contribution in [-0.2, 0) is 4.79 Å². The van der Waals surface area contributed by atoms with Gasteiger partial charge in [-0.05, 0) is 7.05 Å². The van der Waals surface area contributed by atoms with Crippen molar-refractivity contribution < 1.29 is 4.79 Å². The minimum Gasteiger partial charge on any atom is -0.304 e. The fourth-order valence-corrected chi connectivity index (χ4v) is 2.06. The average Bonchev–Trinajstić information content (AvgIpc) is 2.74. The molecule has 0 radical (unpaired) electrons. The molecule has 88 valence electrons. The van der Waals surface area contributed by atoms with Crippen LogP contribution in [0.15, 0.2) is 5.51 Å². The predicted molar refractivity (Wildman–Crippen MR) is 62.5 cm³/mol. The van der Waals surface area contributed by atoms with Gasteiger partial charge in [-0.2, -0.15) is 0 Å². The first-order chi connectivity index (χ1) is 7.74. The Morgan fingerprint density at radius 3 is 2.88 bits per heavy atom. The highest BCUT2D eigenvalue weighted by atomic mass is 32.1. The number of aromatic nitrogens is 2. The molecular formula is C9H15N5OS. The Kier molecular flexibility index (Phi) is 3.81. The number of hydrogen-bond donors (Lipinski definition) is 1. The van der Waals surface area contributed by atoms with Gasteiger partial charge >= 0.3 is 0 Å². The van der Waals surface area contributed by atoms with Gasteiger partial charge in [-0.1, -0.05) is 11.3 Å². The molecule has 1 saturated heterocycles. The summed E-state index contributed by atoms with van der Waals surface area (Å²) < 4.78 is 0. The second kappa shape index (κ2) is 5.33. The lowest BCUT2D eigenvalue weighted by Gasteiger charge is -2.31. The van der Waals surface area contributed by atoms with Crippen molar-refractivity contribution in [2.24, 2.45) is 0 Å². The van der Waals surface area contributed by atoms with E-state index in [2.05, 4.69) is 32.4 Å². The number of likely N-dealkylation sites (N-methyl/N-ethyl adjacent to an activating group) is 1. The average molecular weight is 241 g/mol. The van der Waals surface area contributed by atoms with Crippen LogP contribution in [0.4, 0.5) is 5.13 Å². The van der Waals surface area contributed by atoms with Gasteiger partial charge in [-0.25, -0.2) is 0 Å². The number of rotatable bonds is 3. The van der Waals surface area contributed by atoms with Crippen molar-refractivity contribution >= 4 is 22.4 Å². The van der Waals surface area contributed by atoms with Crippen molar-refractivity contribution in [3.05, 3.63) is 5.51 Å². The van der Waals surface area contributed by atoms with E-state index in [9.17, 15) is 4.79 Å². The van der Waals surface area contributed by atoms with E-state index in [1.165, 1.54) is 11.3 Å². The van der Waals surface area contributed by atoms with Crippen molar-refractivity contribution in [1.82, 2.24) is 20.0 Å². The quantitative estimate of drug-likeness (QED) is 0.789. The lowest BCUT2D eigenvalue weighted by atomic mass is 10.3. The summed E-state index contributed by atoms with van der Waals surface area (Å²) in [7, 11) is 2.10. The first-order valence-electron chi connectivity index (χ1n) is 5.21. The first-order valence-corrected chi connectivity index (χ1v) is 6.09. The SMILES string of the molecule is CN1CCN(CC(=O)Nc2nncs2)CC1. The Bertz CT molecular complexity index is 334. The highest BCUT2D eigenvalue weighted by Gasteiger charge is 2.16. The molecule has 1 N–H and O–H groups in total. The zero-order valence-electron chi connectivity index (χ0n) is 9.22. The molecule has 0 aliphatic carbocycles. The topological polar surface area (TPSA) is 61.4 Å². The van der Waals surface area contributed by atoms with Gasteiger partial charge in [0.25, 0.3) is 0 Å². The predicted octanol–water partition coefficient (Wildman–Crippen LogP) is -0.276. The summed E-state index contributed by atoms with van der Waals surface area (Å²) in [4.78, 5) is 16.0. The number of nitrogens with one attached hydrogen (secondary N) is 1. The molecule has 0 bridgehead atoms. The van der Waals surface area contributed by atoms with Crippen molar-refractivity contribution in [2.45, 2.75) is 0 Å². The smallest absolute Gasteiger partial charge is 0.240 e. The van der Waals surface area contributed by atoms with Crippen LogP contribution in [0.2, 0.25) is 0 Å². The maximum absolute atomic E-state index is 11.6. The standard InChI is InChI=1S/C9H15N5OS/c1-13-2-4-14(5-3-13)6-8(15)11-9-12-10-7-16-9/h7H,2-6H2,1H3,(H,11,12,15). The largest absolute Gasteiger partial charge is 0.304 e. The lowest BCUT2D eigenvalue weighted by molar-refractivity contribution is -0.117. The van der Waals surface area contributed by atoms with Crippen LogP contribution in [0.25, 0.3) is 0 Å². The molecule has 0 spiro atoms. The van der Waals surface area contributed by atoms with Gasteiger partial charge in [0.15, 0.2) is 0 Å². The Balaban J connectivity index is 1.75. The van der Waals surface area contributed by atoms with Gasteiger partial charge in [0.2, 0.25) is 11.0 Å². The minimum absolute atomic E-state index is 0.0127. The summed E-state index contributed by atoms with van der Waals surface area (Å²) in [6.45, 7) is 4.37. The highest BCUT2D eigenvalue weighted by Crippen LogP contribution is 2.08. The van der Waals surface area contributed by atoms with Crippen molar-refractivity contribution in [1.29, 1.82) is 0 Å². The molecular weight excluding hydrogens is 226 g/mol. The fraction of sp³-hybridized carbons (Fsp3) is 0.667. The van der Waals surface area contributed by atoms with E-state index in [0.717, 1.165) is 26.2 Å². The Hall–Kier alpha value is -1.05. The first kappa shape index (κ1) is 11.4. The van der Waals surface area contributed by atoms with Gasteiger partial charge in [0.05, 0.1) is 6.54 Å². The maximum Gasteiger partial charge on any atom is 0.240 e. The molecule has 1 amide bonds. The van der Waals surface area contributed by atoms with Crippen LogP contribution in [0.1, 0.15) is 0 Å². The molecule has 0 atom stereocenters. The Morgan fingerprint density at radius 1 is 1.50 bits per heavy atom. The van der Waals surface area contributed by atoms with E-state index in [0.29, 0.717) is 11.7 Å². The molecule has 1 fully saturated rings. The maximum atomic E-state index is 11.6. The van der Waals surface area contributed by atoms with Crippen LogP contribution in [0, 0.1) is 0 Å². The molecule has 0 saturated carbocycles. The van der Waals surface area contributed by atoms with E-state index in [1.807, 2.05) is 0 Å². The second-order valence-corrected chi connectivity index (χ2v) is 4.70. The normalized spacial score (nSPS) is 18.6. The lowest BCUT2D eigenvalue weighted by Crippen LogP contribution is -2.47. The third-order valence-electron chi connectivity index (χ3n) is 2.57. The zero-order chi connectivity index (χ0) is 11.4. The van der Waals surface area contributed by atoms with Crippen LogP contribution in [0.3, 0.4) is 0 Å². The van der Waals surface area contributed by atoms with E-state index in [4.69, 9.17) is 0 Å². The van der Waals surface area contributed by atoms with Crippen LogP contribution < -0.4 is 5.32 Å². The van der Waals surface area contributed by atoms with Gasteiger partial charge in [-0.3, -0.25) is 15.0 Å². The van der Waals surface area contributed by atoms with Gasteiger partial charge in [0.1, 0.15) is 5.51 Å². The van der Waals surface area contributed by atoms with Crippen LogP contribution in [0.5, 0.6) is 0 Å². The summed E-state index contributed by atoms with van der Waals surface area (Å²) >= 11 is 1.33. The van der Waals surface area contributed by atoms with E-state index in [-0.39, 0.29) is 5.91 Å². The van der Waals surface area contributed by atoms with Crippen molar-refractivity contribution in [2.75, 3.05) is 45.1 Å². The fourth-order valence-electron chi connectivity index (χ4n) is 1.60. The second-order valence-electron chi connectivity index (χ2n) is 3.87. The molecule has 16 heavy (non-hydrogen) atoms. The molecule has 2 rings (SSSR count). The van der Waals surface area contributed by atoms with Crippen molar-refractivity contribution in [3.63, 3.8) is 0 Å². The molecule has 2 heterocycles. The molecule has 7 heteroatoms. The molecule has 1 aromatic rings. The zero-order valence-corrected chi connectivity index (χ0v) is 10.0. The molecule has 1 aromatic heterocycles. The molecule has 1 aliphatic heterocycles. The summed E-state index contributed by atoms with van der Waals surface area (Å²) in [5.74, 6) is -0.0127. The summed E-state index contributed by atoms with van der Waals surface area (Å²) in [6, 6.07) is 0. The Morgan fingerprint density at radius 2 is 2.25 bits per heavy atom. The third kappa shape index (κ3) is 3.22. The summed E-state index contributed by atoms with van der Waals surface area (Å²) in [6.07, 6.45) is 0. The van der Waals surface area contributed by atoms with Gasteiger partial charge in [-0.15, -0.1) is 10.2 Å². The van der Waals surface area contributed by atoms with Crippen LogP contribution in [-0.4, -0.2) is 65.7 Å². The van der Waals surface area contributed by atoms with E-state index >= 15 is 0 Å². The van der Waals surface area contributed by atoms with Crippen molar-refractivity contribution in [3.8, 4) is 0 Å². The van der Waals surface area contributed by atoms with E-state index in [1.54, 1.807) is 5.51 Å². The number of anilines is 1. The van der Waals surface area contributed by atoms with Crippen LogP contribution >= 0.6 is 11.3 Å². The molecule has 0 unspecified atom stereocenters. The summed E-state index contributed by atoms with van der Waals surface area (Å²) in [5.41, 5.74) is 1.60. The number of hydrogen-bond acceptors (Lipinski definition) is 6. The monoisotopic (exact) mass is 241 g/mol. The number of carbonyl (C=O) groups excluding carboxylic acids is 1. The summed E-state index contributed by atoms with van der Waals surface area (Å²) in [5, 5.41) is 10.7. The minimum atomic E-state index is -0.0127.